The van der Waals surface area contributed by atoms with E-state index < -0.39 is 5.97 Å². The van der Waals surface area contributed by atoms with E-state index in [1.165, 1.54) is 0 Å². The van der Waals surface area contributed by atoms with Gasteiger partial charge in [0.15, 0.2) is 0 Å². The predicted molar refractivity (Wildman–Crippen MR) is 172 cm³/mol. The number of ether oxygens (including phenoxy) is 1. The van der Waals surface area contributed by atoms with Gasteiger partial charge in [-0.25, -0.2) is 4.79 Å². The first-order valence-electron chi connectivity index (χ1n) is 15.3. The highest BCUT2D eigenvalue weighted by Gasteiger charge is 2.36. The molecule has 3 aromatic rings. The number of likely N-dealkylation sites (N-methyl/N-ethyl adjacent to an activating group) is 2. The van der Waals surface area contributed by atoms with E-state index in [1.54, 1.807) is 4.90 Å². The summed E-state index contributed by atoms with van der Waals surface area (Å²) in [7, 11) is 4.15. The Labute approximate surface area is 262 Å². The number of aliphatic carboxylic acids is 1. The largest absolute Gasteiger partial charge is 0.478 e. The van der Waals surface area contributed by atoms with Crippen LogP contribution in [0.25, 0.3) is 10.8 Å². The molecular weight excluding hydrogens is 580 g/mol. The third-order valence-corrected chi connectivity index (χ3v) is 9.67. The van der Waals surface area contributed by atoms with E-state index in [4.69, 9.17) is 31.4 Å². The van der Waals surface area contributed by atoms with Crippen molar-refractivity contribution in [3.8, 4) is 6.01 Å². The minimum Gasteiger partial charge on any atom is -0.478 e. The Morgan fingerprint density at radius 1 is 1.16 bits per heavy atom. The lowest BCUT2D eigenvalue weighted by atomic mass is 10.0. The zero-order valence-corrected chi connectivity index (χ0v) is 26.2. The average Bonchev–Trinajstić information content (AvgIpc) is 3.62. The smallest absolute Gasteiger partial charge is 0.328 e. The number of amides is 1. The quantitative estimate of drug-likeness (QED) is 0.368. The van der Waals surface area contributed by atoms with Crippen LogP contribution in [0.3, 0.4) is 0 Å². The van der Waals surface area contributed by atoms with Crippen molar-refractivity contribution in [1.29, 1.82) is 0 Å². The molecule has 3 atom stereocenters. The molecule has 1 N–H and O–H groups in total. The monoisotopic (exact) mass is 618 g/mol. The molecule has 1 amide bonds. The van der Waals surface area contributed by atoms with Crippen molar-refractivity contribution in [2.75, 3.05) is 50.1 Å². The maximum Gasteiger partial charge on any atom is 0.328 e. The van der Waals surface area contributed by atoms with Crippen LogP contribution in [-0.4, -0.2) is 95.2 Å². The number of hydrogen-bond donors (Lipinski definition) is 1. The Morgan fingerprint density at radius 3 is 2.70 bits per heavy atom. The number of fused-ring (bicyclic) bond motifs is 2. The first-order chi connectivity index (χ1) is 21.2. The van der Waals surface area contributed by atoms with Crippen LogP contribution >= 0.6 is 11.6 Å². The van der Waals surface area contributed by atoms with E-state index in [9.17, 15) is 9.59 Å². The number of likely N-dealkylation sites (tertiary alicyclic amines) is 2. The fourth-order valence-corrected chi connectivity index (χ4v) is 7.13. The summed E-state index contributed by atoms with van der Waals surface area (Å²) in [5, 5.41) is 11.8. The van der Waals surface area contributed by atoms with E-state index in [-0.39, 0.29) is 18.0 Å². The SMILES string of the molecule is C[C@@H]1C[C@@H](N(C)c2nc(OCC3CCCN3C)nc3c2CCN(c2cccc4cccc(Cl)c24)C3)CN1C(=O)/C=C/C(=O)O. The van der Waals surface area contributed by atoms with Crippen LogP contribution in [0.4, 0.5) is 11.5 Å². The van der Waals surface area contributed by atoms with Gasteiger partial charge in [-0.1, -0.05) is 35.9 Å². The van der Waals surface area contributed by atoms with Gasteiger partial charge in [0.25, 0.3) is 0 Å². The number of benzene rings is 2. The number of hydrogen-bond acceptors (Lipinski definition) is 8. The van der Waals surface area contributed by atoms with Crippen LogP contribution in [0.1, 0.15) is 37.4 Å². The predicted octanol–water partition coefficient (Wildman–Crippen LogP) is 4.39. The maximum atomic E-state index is 12.8. The summed E-state index contributed by atoms with van der Waals surface area (Å²) >= 11 is 6.70. The molecule has 0 bridgehead atoms. The van der Waals surface area contributed by atoms with Crippen molar-refractivity contribution in [1.82, 2.24) is 19.8 Å². The standard InChI is InChI=1S/C33H39ClN6O4/c1-21-17-24(18-40(21)29(41)12-13-30(42)43)38(3)32-25-14-16-39(28-11-5-8-22-7-4-10-26(34)31(22)28)19-27(25)35-33(36-32)44-20-23-9-6-15-37(23)2/h4-5,7-8,10-13,21,23-24H,6,9,14-20H2,1-3H3,(H,42,43)/b13-12+/t21-,23?,24-/m1/s1. The van der Waals surface area contributed by atoms with Gasteiger partial charge in [0.2, 0.25) is 5.91 Å². The van der Waals surface area contributed by atoms with Gasteiger partial charge < -0.3 is 29.4 Å². The highest BCUT2D eigenvalue weighted by molar-refractivity contribution is 6.36. The van der Waals surface area contributed by atoms with E-state index in [2.05, 4.69) is 46.0 Å². The molecule has 1 aromatic heterocycles. The van der Waals surface area contributed by atoms with E-state index in [0.717, 1.165) is 89.5 Å². The molecular formula is C33H39ClN6O4. The summed E-state index contributed by atoms with van der Waals surface area (Å²) in [5.74, 6) is -0.606. The molecule has 4 heterocycles. The molecule has 0 spiro atoms. The molecule has 6 rings (SSSR count). The first kappa shape index (κ1) is 30.1. The molecule has 0 aliphatic carbocycles. The Kier molecular flexibility index (Phi) is 8.64. The van der Waals surface area contributed by atoms with Crippen LogP contribution in [0.5, 0.6) is 6.01 Å². The van der Waals surface area contributed by atoms with Crippen LogP contribution in [0, 0.1) is 0 Å². The fraction of sp³-hybridized carbons (Fsp3) is 0.455. The number of carboxylic acids is 1. The average molecular weight is 619 g/mol. The minimum atomic E-state index is -1.14. The van der Waals surface area contributed by atoms with E-state index in [1.807, 2.05) is 26.1 Å². The lowest BCUT2D eigenvalue weighted by Crippen LogP contribution is -2.39. The summed E-state index contributed by atoms with van der Waals surface area (Å²) in [6.45, 7) is 5.43. The normalized spacial score (nSPS) is 22.1. The summed E-state index contributed by atoms with van der Waals surface area (Å²) in [4.78, 5) is 42.2. The van der Waals surface area contributed by atoms with Crippen molar-refractivity contribution in [3.05, 3.63) is 64.8 Å². The van der Waals surface area contributed by atoms with Crippen molar-refractivity contribution in [2.24, 2.45) is 0 Å². The number of nitrogens with zero attached hydrogens (tertiary/aromatic N) is 6. The Bertz CT molecular complexity index is 1590. The molecule has 3 aliphatic heterocycles. The number of anilines is 2. The third-order valence-electron chi connectivity index (χ3n) is 9.36. The molecule has 2 saturated heterocycles. The summed E-state index contributed by atoms with van der Waals surface area (Å²) in [6.07, 6.45) is 5.76. The molecule has 2 fully saturated rings. The molecule has 11 heteroatoms. The van der Waals surface area contributed by atoms with Crippen LogP contribution in [0.15, 0.2) is 48.6 Å². The lowest BCUT2D eigenvalue weighted by molar-refractivity contribution is -0.132. The van der Waals surface area contributed by atoms with Crippen LogP contribution in [0.2, 0.25) is 5.02 Å². The van der Waals surface area contributed by atoms with Crippen molar-refractivity contribution >= 4 is 45.8 Å². The molecule has 3 aliphatic rings. The Hall–Kier alpha value is -3.89. The highest BCUT2D eigenvalue weighted by Crippen LogP contribution is 2.37. The van der Waals surface area contributed by atoms with Gasteiger partial charge in [-0.3, -0.25) is 4.79 Å². The van der Waals surface area contributed by atoms with Gasteiger partial charge in [0, 0.05) is 67.1 Å². The molecule has 1 unspecified atom stereocenters. The molecule has 10 nitrogen and oxygen atoms in total. The van der Waals surface area contributed by atoms with Gasteiger partial charge in [-0.05, 0) is 63.7 Å². The van der Waals surface area contributed by atoms with E-state index in [0.29, 0.717) is 31.7 Å². The molecule has 0 saturated carbocycles. The van der Waals surface area contributed by atoms with Gasteiger partial charge in [-0.2, -0.15) is 9.97 Å². The number of aromatic nitrogens is 2. The zero-order chi connectivity index (χ0) is 31.0. The molecule has 2 aromatic carbocycles. The molecule has 0 radical (unpaired) electrons. The Morgan fingerprint density at radius 2 is 1.95 bits per heavy atom. The van der Waals surface area contributed by atoms with Crippen molar-refractivity contribution < 1.29 is 19.4 Å². The third kappa shape index (κ3) is 6.05. The topological polar surface area (TPSA) is 102 Å². The van der Waals surface area contributed by atoms with Gasteiger partial charge in [0.05, 0.1) is 17.3 Å². The second kappa shape index (κ2) is 12.6. The van der Waals surface area contributed by atoms with Gasteiger partial charge >= 0.3 is 12.0 Å². The van der Waals surface area contributed by atoms with Gasteiger partial charge in [0.1, 0.15) is 12.4 Å². The molecule has 44 heavy (non-hydrogen) atoms. The second-order valence-electron chi connectivity index (χ2n) is 12.1. The van der Waals surface area contributed by atoms with Gasteiger partial charge in [-0.15, -0.1) is 0 Å². The lowest BCUT2D eigenvalue weighted by Gasteiger charge is -2.35. The summed E-state index contributed by atoms with van der Waals surface area (Å²) in [6, 6.07) is 12.9. The first-order valence-corrected chi connectivity index (χ1v) is 15.7. The molecule has 232 valence electrons. The van der Waals surface area contributed by atoms with Crippen molar-refractivity contribution in [2.45, 2.75) is 57.3 Å². The highest BCUT2D eigenvalue weighted by atomic mass is 35.5. The number of halogens is 1. The second-order valence-corrected chi connectivity index (χ2v) is 12.5. The van der Waals surface area contributed by atoms with Crippen LogP contribution in [-0.2, 0) is 22.6 Å². The minimum absolute atomic E-state index is 0.00916. The Balaban J connectivity index is 1.31. The van der Waals surface area contributed by atoms with Crippen LogP contribution < -0.4 is 14.5 Å². The number of carbonyl (C=O) groups is 2. The summed E-state index contributed by atoms with van der Waals surface area (Å²) < 4.78 is 6.29. The summed E-state index contributed by atoms with van der Waals surface area (Å²) in [5.41, 5.74) is 3.09. The number of carboxylic acid groups (broad SMARTS) is 1. The maximum absolute atomic E-state index is 12.8. The zero-order valence-electron chi connectivity index (χ0n) is 25.4. The van der Waals surface area contributed by atoms with E-state index >= 15 is 0 Å². The number of rotatable bonds is 8. The number of carbonyl (C=O) groups excluding carboxylic acids is 1. The fourth-order valence-electron chi connectivity index (χ4n) is 6.85. The van der Waals surface area contributed by atoms with Crippen molar-refractivity contribution in [3.63, 3.8) is 0 Å².